The number of amides is 1. The summed E-state index contributed by atoms with van der Waals surface area (Å²) in [6, 6.07) is -0.277. The number of guanidine groups is 1. The molecule has 1 saturated carbocycles. The molecule has 1 amide bonds. The van der Waals surface area contributed by atoms with E-state index in [1.165, 1.54) is 4.90 Å². The normalized spacial score (nSPS) is 21.3. The summed E-state index contributed by atoms with van der Waals surface area (Å²) >= 11 is 1.65. The Hall–Kier alpha value is -0.390. The first-order valence-electron chi connectivity index (χ1n) is 8.04. The quantitative estimate of drug-likeness (QED) is 0.257. The lowest BCUT2D eigenvalue weighted by Crippen LogP contribution is -2.47. The summed E-state index contributed by atoms with van der Waals surface area (Å²) in [7, 11) is 3.28. The maximum Gasteiger partial charge on any atom is 0.391 e. The highest BCUT2D eigenvalue weighted by molar-refractivity contribution is 14.0. The smallest absolute Gasteiger partial charge is 0.356 e. The van der Waals surface area contributed by atoms with E-state index in [0.29, 0.717) is 25.3 Å². The molecule has 1 fully saturated rings. The van der Waals surface area contributed by atoms with Crippen molar-refractivity contribution < 1.29 is 18.0 Å². The number of carbonyl (C=O) groups is 1. The minimum atomic E-state index is -4.15. The van der Waals surface area contributed by atoms with Crippen LogP contribution in [-0.2, 0) is 4.79 Å². The summed E-state index contributed by atoms with van der Waals surface area (Å²) in [5.41, 5.74) is 0. The van der Waals surface area contributed by atoms with Gasteiger partial charge in [0.2, 0.25) is 5.91 Å². The van der Waals surface area contributed by atoms with Gasteiger partial charge in [-0.1, -0.05) is 6.42 Å². The average Bonchev–Trinajstić information content (AvgIpc) is 2.51. The third-order valence-corrected chi connectivity index (χ3v) is 4.56. The number of nitrogens with one attached hydrogen (secondary N) is 2. The lowest BCUT2D eigenvalue weighted by Gasteiger charge is -2.32. The number of nitrogens with zero attached hydrogens (tertiary/aromatic N) is 2. The molecule has 148 valence electrons. The van der Waals surface area contributed by atoms with Crippen molar-refractivity contribution in [1.29, 1.82) is 0 Å². The Morgan fingerprint density at radius 3 is 2.56 bits per heavy atom. The highest BCUT2D eigenvalue weighted by atomic mass is 127. The van der Waals surface area contributed by atoms with Crippen molar-refractivity contribution in [3.8, 4) is 0 Å². The summed E-state index contributed by atoms with van der Waals surface area (Å²) in [5, 5.41) is 6.15. The minimum absolute atomic E-state index is 0. The number of rotatable bonds is 6. The zero-order chi connectivity index (χ0) is 18.2. The fourth-order valence-electron chi connectivity index (χ4n) is 2.52. The molecule has 1 aliphatic carbocycles. The van der Waals surface area contributed by atoms with E-state index >= 15 is 0 Å². The van der Waals surface area contributed by atoms with E-state index in [2.05, 4.69) is 15.6 Å². The highest BCUT2D eigenvalue weighted by Crippen LogP contribution is 2.37. The largest absolute Gasteiger partial charge is 0.391 e. The summed E-state index contributed by atoms with van der Waals surface area (Å²) in [4.78, 5) is 17.3. The van der Waals surface area contributed by atoms with Crippen molar-refractivity contribution in [3.63, 3.8) is 0 Å². The Morgan fingerprint density at radius 2 is 2.00 bits per heavy atom. The zero-order valence-electron chi connectivity index (χ0n) is 14.9. The number of carbonyl (C=O) groups excluding carboxylic acids is 1. The third-order valence-electron chi connectivity index (χ3n) is 3.95. The molecule has 2 unspecified atom stereocenters. The van der Waals surface area contributed by atoms with Crippen LogP contribution in [0.25, 0.3) is 0 Å². The van der Waals surface area contributed by atoms with Crippen molar-refractivity contribution >= 4 is 47.6 Å². The van der Waals surface area contributed by atoms with Crippen LogP contribution in [0.15, 0.2) is 4.99 Å². The maximum absolute atomic E-state index is 12.9. The summed E-state index contributed by atoms with van der Waals surface area (Å²) in [6.45, 7) is 0.607. The van der Waals surface area contributed by atoms with Gasteiger partial charge in [0.1, 0.15) is 6.54 Å². The SMILES string of the molecule is CSCCNC(=NCC(=O)N(C)C)NC1CCCC(C(F)(F)F)C1.I. The molecule has 2 atom stereocenters. The van der Waals surface area contributed by atoms with Gasteiger partial charge in [-0.05, 0) is 25.5 Å². The van der Waals surface area contributed by atoms with Gasteiger partial charge in [0, 0.05) is 32.4 Å². The van der Waals surface area contributed by atoms with Gasteiger partial charge in [-0.15, -0.1) is 24.0 Å². The molecule has 0 aromatic rings. The molecule has 1 aliphatic rings. The first kappa shape index (κ1) is 24.6. The molecule has 0 aromatic carbocycles. The molecule has 10 heteroatoms. The number of thioether (sulfide) groups is 1. The molecule has 0 radical (unpaired) electrons. The van der Waals surface area contributed by atoms with Crippen LogP contribution in [0.5, 0.6) is 0 Å². The number of halogens is 4. The highest BCUT2D eigenvalue weighted by Gasteiger charge is 2.42. The monoisotopic (exact) mass is 496 g/mol. The second-order valence-electron chi connectivity index (χ2n) is 6.12. The standard InChI is InChI=1S/C15H27F3N4OS.HI/c1-22(2)13(23)10-20-14(19-7-8-24-3)21-12-6-4-5-11(9-12)15(16,17)18;/h11-12H,4-10H2,1-3H3,(H2,19,20,21);1H. The molecule has 25 heavy (non-hydrogen) atoms. The molecule has 0 aromatic heterocycles. The fraction of sp³-hybridized carbons (Fsp3) is 0.867. The first-order chi connectivity index (χ1) is 11.2. The first-order valence-corrected chi connectivity index (χ1v) is 9.44. The van der Waals surface area contributed by atoms with Crippen molar-refractivity contribution in [2.75, 3.05) is 39.2 Å². The van der Waals surface area contributed by atoms with E-state index in [0.717, 1.165) is 5.75 Å². The Labute approximate surface area is 169 Å². The van der Waals surface area contributed by atoms with Crippen LogP contribution in [0, 0.1) is 5.92 Å². The molecular weight excluding hydrogens is 468 g/mol. The van der Waals surface area contributed by atoms with E-state index in [-0.39, 0.29) is 55.3 Å². The van der Waals surface area contributed by atoms with Gasteiger partial charge in [0.25, 0.3) is 0 Å². The second-order valence-corrected chi connectivity index (χ2v) is 7.10. The van der Waals surface area contributed by atoms with E-state index in [1.807, 2.05) is 6.26 Å². The number of hydrogen-bond donors (Lipinski definition) is 2. The van der Waals surface area contributed by atoms with E-state index in [1.54, 1.807) is 25.9 Å². The van der Waals surface area contributed by atoms with Crippen LogP contribution in [0.3, 0.4) is 0 Å². The van der Waals surface area contributed by atoms with E-state index in [9.17, 15) is 18.0 Å². The predicted octanol–water partition coefficient (Wildman–Crippen LogP) is 2.71. The Kier molecular flexibility index (Phi) is 11.9. The molecule has 0 spiro atoms. The van der Waals surface area contributed by atoms with Crippen molar-refractivity contribution in [2.45, 2.75) is 37.9 Å². The van der Waals surface area contributed by atoms with Gasteiger partial charge in [0.05, 0.1) is 5.92 Å². The predicted molar refractivity (Wildman–Crippen MR) is 108 cm³/mol. The van der Waals surface area contributed by atoms with Gasteiger partial charge >= 0.3 is 6.18 Å². The lowest BCUT2D eigenvalue weighted by atomic mass is 9.85. The lowest BCUT2D eigenvalue weighted by molar-refractivity contribution is -0.183. The number of hydrogen-bond acceptors (Lipinski definition) is 3. The van der Waals surface area contributed by atoms with Crippen LogP contribution in [-0.4, -0.2) is 68.2 Å². The van der Waals surface area contributed by atoms with Crippen LogP contribution in [0.4, 0.5) is 13.2 Å². The molecular formula is C15H28F3IN4OS. The zero-order valence-corrected chi connectivity index (χ0v) is 18.0. The number of alkyl halides is 3. The number of likely N-dealkylation sites (N-methyl/N-ethyl adjacent to an activating group) is 1. The molecule has 0 saturated heterocycles. The average molecular weight is 496 g/mol. The van der Waals surface area contributed by atoms with Crippen LogP contribution in [0.2, 0.25) is 0 Å². The van der Waals surface area contributed by atoms with Crippen molar-refractivity contribution in [2.24, 2.45) is 10.9 Å². The van der Waals surface area contributed by atoms with Gasteiger partial charge in [-0.2, -0.15) is 24.9 Å². The molecule has 0 heterocycles. The Morgan fingerprint density at radius 1 is 1.32 bits per heavy atom. The third kappa shape index (κ3) is 9.76. The maximum atomic E-state index is 12.9. The number of aliphatic imine (C=N–C) groups is 1. The molecule has 2 N–H and O–H groups in total. The molecule has 0 bridgehead atoms. The molecule has 1 rings (SSSR count). The Bertz CT molecular complexity index is 435. The summed E-state index contributed by atoms with van der Waals surface area (Å²) < 4.78 is 38.8. The van der Waals surface area contributed by atoms with Crippen LogP contribution < -0.4 is 10.6 Å². The molecule has 0 aliphatic heterocycles. The molecule has 5 nitrogen and oxygen atoms in total. The second kappa shape index (κ2) is 12.1. The van der Waals surface area contributed by atoms with Crippen LogP contribution in [0.1, 0.15) is 25.7 Å². The van der Waals surface area contributed by atoms with Crippen molar-refractivity contribution in [3.05, 3.63) is 0 Å². The summed E-state index contributed by atoms with van der Waals surface area (Å²) in [5.74, 6) is -0.164. The van der Waals surface area contributed by atoms with Gasteiger partial charge in [-0.3, -0.25) is 4.79 Å². The van der Waals surface area contributed by atoms with E-state index in [4.69, 9.17) is 0 Å². The van der Waals surface area contributed by atoms with Gasteiger partial charge in [-0.25, -0.2) is 4.99 Å². The minimum Gasteiger partial charge on any atom is -0.356 e. The van der Waals surface area contributed by atoms with Gasteiger partial charge < -0.3 is 15.5 Å². The Balaban J connectivity index is 0.00000576. The van der Waals surface area contributed by atoms with E-state index < -0.39 is 12.1 Å². The summed E-state index contributed by atoms with van der Waals surface area (Å²) in [6.07, 6.45) is -0.725. The van der Waals surface area contributed by atoms with Crippen molar-refractivity contribution in [1.82, 2.24) is 15.5 Å². The van der Waals surface area contributed by atoms with Gasteiger partial charge in [0.15, 0.2) is 5.96 Å². The fourth-order valence-corrected chi connectivity index (χ4v) is 2.83. The topological polar surface area (TPSA) is 56.7 Å². The van der Waals surface area contributed by atoms with Crippen LogP contribution >= 0.6 is 35.7 Å².